The summed E-state index contributed by atoms with van der Waals surface area (Å²) in [6, 6.07) is 3.82. The molecule has 3 nitrogen and oxygen atoms in total. The molecule has 0 spiro atoms. The lowest BCUT2D eigenvalue weighted by molar-refractivity contribution is 0.197. The molecule has 0 fully saturated rings. The van der Waals surface area contributed by atoms with Gasteiger partial charge in [0.15, 0.2) is 11.5 Å². The summed E-state index contributed by atoms with van der Waals surface area (Å²) in [5.41, 5.74) is 2.00. The molecular formula is C13H18O3. The van der Waals surface area contributed by atoms with Gasteiger partial charge in [0.1, 0.15) is 0 Å². The minimum absolute atomic E-state index is 0.466. The van der Waals surface area contributed by atoms with Crippen molar-refractivity contribution in [2.45, 2.75) is 32.8 Å². The Balaban J connectivity index is 2.49. The van der Waals surface area contributed by atoms with E-state index >= 15 is 0 Å². The van der Waals surface area contributed by atoms with Gasteiger partial charge in [0.05, 0.1) is 19.3 Å². The number of aliphatic hydroxyl groups excluding tert-OH is 1. The largest absolute Gasteiger partial charge is 0.490 e. The molecule has 88 valence electrons. The number of aliphatic hydroxyl groups is 1. The van der Waals surface area contributed by atoms with Crippen molar-refractivity contribution < 1.29 is 14.6 Å². The van der Waals surface area contributed by atoms with Crippen LogP contribution >= 0.6 is 0 Å². The number of rotatable bonds is 2. The van der Waals surface area contributed by atoms with E-state index in [1.807, 2.05) is 12.1 Å². The molecule has 0 saturated heterocycles. The molecule has 2 rings (SSSR count). The van der Waals surface area contributed by atoms with Gasteiger partial charge in [0.2, 0.25) is 0 Å². The molecule has 1 aliphatic heterocycles. The number of benzene rings is 1. The minimum atomic E-state index is -0.466. The van der Waals surface area contributed by atoms with E-state index in [4.69, 9.17) is 9.47 Å². The first-order valence-corrected chi connectivity index (χ1v) is 5.83. The van der Waals surface area contributed by atoms with Crippen molar-refractivity contribution in [2.24, 2.45) is 0 Å². The number of fused-ring (bicyclic) bond motifs is 1. The average molecular weight is 222 g/mol. The van der Waals surface area contributed by atoms with Gasteiger partial charge in [0.25, 0.3) is 0 Å². The molecule has 0 saturated carbocycles. The predicted octanol–water partition coefficient (Wildman–Crippen LogP) is 2.46. The fraction of sp³-hybridized carbons (Fsp3) is 0.538. The lowest BCUT2D eigenvalue weighted by Crippen LogP contribution is -2.03. The van der Waals surface area contributed by atoms with Crippen molar-refractivity contribution in [3.8, 4) is 11.5 Å². The maximum Gasteiger partial charge on any atom is 0.164 e. The highest BCUT2D eigenvalue weighted by atomic mass is 16.5. The van der Waals surface area contributed by atoms with Gasteiger partial charge in [-0.15, -0.1) is 0 Å². The molecule has 1 heterocycles. The summed E-state index contributed by atoms with van der Waals surface area (Å²) >= 11 is 0. The van der Waals surface area contributed by atoms with Gasteiger partial charge in [-0.1, -0.05) is 13.0 Å². The molecular weight excluding hydrogens is 204 g/mol. The van der Waals surface area contributed by atoms with Crippen molar-refractivity contribution >= 4 is 0 Å². The van der Waals surface area contributed by atoms with E-state index in [-0.39, 0.29) is 0 Å². The number of hydrogen-bond donors (Lipinski definition) is 1. The Morgan fingerprint density at radius 1 is 1.31 bits per heavy atom. The quantitative estimate of drug-likeness (QED) is 0.835. The molecule has 0 radical (unpaired) electrons. The molecule has 16 heavy (non-hydrogen) atoms. The van der Waals surface area contributed by atoms with E-state index in [1.165, 1.54) is 0 Å². The molecule has 0 aliphatic carbocycles. The minimum Gasteiger partial charge on any atom is -0.490 e. The van der Waals surface area contributed by atoms with Gasteiger partial charge >= 0.3 is 0 Å². The van der Waals surface area contributed by atoms with E-state index in [0.29, 0.717) is 13.2 Å². The second kappa shape index (κ2) is 4.74. The predicted molar refractivity (Wildman–Crippen MR) is 62.1 cm³/mol. The third kappa shape index (κ3) is 2.00. The van der Waals surface area contributed by atoms with Crippen LogP contribution in [0.1, 0.15) is 37.5 Å². The Morgan fingerprint density at radius 3 is 2.75 bits per heavy atom. The van der Waals surface area contributed by atoms with Gasteiger partial charge in [-0.3, -0.25) is 0 Å². The van der Waals surface area contributed by atoms with E-state index in [1.54, 1.807) is 6.92 Å². The molecule has 1 unspecified atom stereocenters. The summed E-state index contributed by atoms with van der Waals surface area (Å²) in [5.74, 6) is 1.62. The Hall–Kier alpha value is -1.22. The fourth-order valence-corrected chi connectivity index (χ4v) is 2.06. The van der Waals surface area contributed by atoms with Gasteiger partial charge in [-0.25, -0.2) is 0 Å². The molecule has 1 aromatic rings. The second-order valence-corrected chi connectivity index (χ2v) is 4.04. The lowest BCUT2D eigenvalue weighted by Gasteiger charge is -2.17. The van der Waals surface area contributed by atoms with Crippen LogP contribution in [0.4, 0.5) is 0 Å². The second-order valence-electron chi connectivity index (χ2n) is 4.04. The number of hydrogen-bond acceptors (Lipinski definition) is 3. The zero-order valence-electron chi connectivity index (χ0n) is 9.82. The highest BCUT2D eigenvalue weighted by Crippen LogP contribution is 2.37. The highest BCUT2D eigenvalue weighted by molar-refractivity contribution is 5.51. The molecule has 1 atom stereocenters. The van der Waals surface area contributed by atoms with Gasteiger partial charge in [-0.05, 0) is 25.0 Å². The summed E-state index contributed by atoms with van der Waals surface area (Å²) in [6.07, 6.45) is 1.28. The van der Waals surface area contributed by atoms with Crippen LogP contribution < -0.4 is 9.47 Å². The molecule has 0 amide bonds. The maximum atomic E-state index is 9.71. The van der Waals surface area contributed by atoms with Crippen LogP contribution in [-0.4, -0.2) is 18.3 Å². The average Bonchev–Trinajstić information content (AvgIpc) is 2.52. The fourth-order valence-electron chi connectivity index (χ4n) is 2.06. The summed E-state index contributed by atoms with van der Waals surface area (Å²) in [7, 11) is 0. The Bertz CT molecular complexity index is 372. The summed E-state index contributed by atoms with van der Waals surface area (Å²) in [5, 5.41) is 9.71. The number of ether oxygens (including phenoxy) is 2. The van der Waals surface area contributed by atoms with E-state index in [9.17, 15) is 5.11 Å². The van der Waals surface area contributed by atoms with Gasteiger partial charge < -0.3 is 14.6 Å². The summed E-state index contributed by atoms with van der Waals surface area (Å²) in [6.45, 7) is 5.22. The van der Waals surface area contributed by atoms with Crippen LogP contribution in [0.3, 0.4) is 0 Å². The van der Waals surface area contributed by atoms with Crippen LogP contribution in [0.25, 0.3) is 0 Å². The van der Waals surface area contributed by atoms with Gasteiger partial charge in [0, 0.05) is 12.0 Å². The van der Waals surface area contributed by atoms with Crippen LogP contribution in [0.5, 0.6) is 11.5 Å². The monoisotopic (exact) mass is 222 g/mol. The van der Waals surface area contributed by atoms with Crippen molar-refractivity contribution in [3.63, 3.8) is 0 Å². The first-order valence-electron chi connectivity index (χ1n) is 5.83. The molecule has 1 aliphatic rings. The Labute approximate surface area is 96.0 Å². The Morgan fingerprint density at radius 2 is 2.06 bits per heavy atom. The van der Waals surface area contributed by atoms with Crippen molar-refractivity contribution in [3.05, 3.63) is 23.3 Å². The zero-order chi connectivity index (χ0) is 11.5. The molecule has 0 aromatic heterocycles. The van der Waals surface area contributed by atoms with Crippen LogP contribution in [0, 0.1) is 0 Å². The first kappa shape index (κ1) is 11.3. The van der Waals surface area contributed by atoms with E-state index in [2.05, 4.69) is 6.92 Å². The first-order chi connectivity index (χ1) is 7.74. The van der Waals surface area contributed by atoms with Crippen molar-refractivity contribution in [1.82, 2.24) is 0 Å². The third-order valence-corrected chi connectivity index (χ3v) is 2.86. The third-order valence-electron chi connectivity index (χ3n) is 2.86. The van der Waals surface area contributed by atoms with E-state index in [0.717, 1.165) is 35.5 Å². The Kier molecular flexibility index (Phi) is 3.34. The van der Waals surface area contributed by atoms with Crippen LogP contribution in [0.2, 0.25) is 0 Å². The standard InChI is InChI=1S/C13H18O3/c1-3-10-11(9(2)14)5-6-12-13(10)16-8-4-7-15-12/h5-6,9,14H,3-4,7-8H2,1-2H3. The highest BCUT2D eigenvalue weighted by Gasteiger charge is 2.18. The zero-order valence-corrected chi connectivity index (χ0v) is 9.82. The lowest BCUT2D eigenvalue weighted by atomic mass is 9.99. The van der Waals surface area contributed by atoms with Crippen LogP contribution in [-0.2, 0) is 6.42 Å². The maximum absolute atomic E-state index is 9.71. The smallest absolute Gasteiger partial charge is 0.164 e. The van der Waals surface area contributed by atoms with Crippen LogP contribution in [0.15, 0.2) is 12.1 Å². The molecule has 1 aromatic carbocycles. The summed E-state index contributed by atoms with van der Waals surface area (Å²) < 4.78 is 11.3. The molecule has 3 heteroatoms. The molecule has 0 bridgehead atoms. The van der Waals surface area contributed by atoms with E-state index < -0.39 is 6.10 Å². The van der Waals surface area contributed by atoms with Gasteiger partial charge in [-0.2, -0.15) is 0 Å². The normalized spacial score (nSPS) is 16.7. The van der Waals surface area contributed by atoms with Crippen molar-refractivity contribution in [2.75, 3.05) is 13.2 Å². The SMILES string of the molecule is CCc1c(C(C)O)ccc2c1OCCCO2. The topological polar surface area (TPSA) is 38.7 Å². The summed E-state index contributed by atoms with van der Waals surface area (Å²) in [4.78, 5) is 0. The van der Waals surface area contributed by atoms with Crippen molar-refractivity contribution in [1.29, 1.82) is 0 Å². The molecule has 1 N–H and O–H groups in total.